The summed E-state index contributed by atoms with van der Waals surface area (Å²) in [6.07, 6.45) is 6.99. The zero-order valence-corrected chi connectivity index (χ0v) is 23.6. The number of fused-ring (bicyclic) bond motifs is 1. The molecule has 0 saturated carbocycles. The Morgan fingerprint density at radius 2 is 1.49 bits per heavy atom. The Balaban J connectivity index is 1.06. The van der Waals surface area contributed by atoms with Crippen molar-refractivity contribution in [2.24, 2.45) is 5.92 Å². The average molecular weight is 545 g/mol. The molecule has 0 unspecified atom stereocenters. The van der Waals surface area contributed by atoms with Crippen LogP contribution in [0.1, 0.15) is 48.8 Å². The molecule has 3 aromatic rings. The lowest BCUT2D eigenvalue weighted by Crippen LogP contribution is -2.51. The minimum absolute atomic E-state index is 0.00791. The fraction of sp³-hybridized carbons (Fsp3) is 0.455. The van der Waals surface area contributed by atoms with Crippen molar-refractivity contribution in [2.75, 3.05) is 32.7 Å². The molecule has 0 aromatic heterocycles. The maximum absolute atomic E-state index is 12.7. The average Bonchev–Trinajstić information content (AvgIpc) is 2.95. The summed E-state index contributed by atoms with van der Waals surface area (Å²) in [7, 11) is -3.22. The third kappa shape index (κ3) is 6.56. The molecule has 0 bridgehead atoms. The summed E-state index contributed by atoms with van der Waals surface area (Å²) >= 11 is 0. The zero-order valence-electron chi connectivity index (χ0n) is 22.8. The van der Waals surface area contributed by atoms with E-state index in [1.54, 1.807) is 0 Å². The van der Waals surface area contributed by atoms with Crippen LogP contribution in [0.15, 0.2) is 72.8 Å². The van der Waals surface area contributed by atoms with E-state index in [4.69, 9.17) is 4.74 Å². The Kier molecular flexibility index (Phi) is 7.79. The van der Waals surface area contributed by atoms with Crippen molar-refractivity contribution in [2.45, 2.75) is 55.6 Å². The molecule has 3 heterocycles. The van der Waals surface area contributed by atoms with Crippen LogP contribution in [0.3, 0.4) is 0 Å². The Hall–Kier alpha value is -2.67. The molecule has 3 aliphatic rings. The van der Waals surface area contributed by atoms with Crippen molar-refractivity contribution in [3.63, 3.8) is 0 Å². The molecule has 0 amide bonds. The van der Waals surface area contributed by atoms with Crippen molar-refractivity contribution in [1.82, 2.24) is 10.2 Å². The van der Waals surface area contributed by atoms with Crippen LogP contribution in [-0.4, -0.2) is 51.6 Å². The van der Waals surface area contributed by atoms with E-state index in [-0.39, 0.29) is 17.1 Å². The first kappa shape index (κ1) is 26.5. The van der Waals surface area contributed by atoms with Gasteiger partial charge in [0.15, 0.2) is 9.84 Å². The number of piperidine rings is 2. The lowest BCUT2D eigenvalue weighted by Gasteiger charge is -2.45. The van der Waals surface area contributed by atoms with Crippen molar-refractivity contribution >= 4 is 9.84 Å². The van der Waals surface area contributed by atoms with Gasteiger partial charge in [-0.2, -0.15) is 0 Å². The second kappa shape index (κ2) is 11.4. The van der Waals surface area contributed by atoms with Crippen LogP contribution in [0.2, 0.25) is 0 Å². The van der Waals surface area contributed by atoms with Crippen LogP contribution < -0.4 is 10.1 Å². The van der Waals surface area contributed by atoms with Crippen LogP contribution in [0.4, 0.5) is 0 Å². The summed E-state index contributed by atoms with van der Waals surface area (Å²) in [4.78, 5) is 2.67. The second-order valence-electron chi connectivity index (χ2n) is 11.8. The van der Waals surface area contributed by atoms with Crippen LogP contribution >= 0.6 is 0 Å². The number of hydrogen-bond acceptors (Lipinski definition) is 5. The minimum atomic E-state index is -3.22. The van der Waals surface area contributed by atoms with Gasteiger partial charge in [0.2, 0.25) is 0 Å². The van der Waals surface area contributed by atoms with Crippen molar-refractivity contribution in [3.8, 4) is 16.9 Å². The first-order chi connectivity index (χ1) is 19.0. The third-order valence-corrected chi connectivity index (χ3v) is 10.4. The molecule has 2 fully saturated rings. The number of sulfone groups is 1. The summed E-state index contributed by atoms with van der Waals surface area (Å²) in [5.74, 6) is 2.01. The highest BCUT2D eigenvalue weighted by Crippen LogP contribution is 2.41. The standard InChI is InChI=1S/C33H40N2O3S/c36-39(37,24-27-4-2-1-3-5-27)25-28-6-8-29(9-7-28)30-10-11-32-31(22-30)12-15-33(38-32)16-20-35(21-17-33)23-26-13-18-34-19-14-26/h1-11,22,26,34H,12-21,23-25H2. The fourth-order valence-electron chi connectivity index (χ4n) is 6.55. The zero-order chi connectivity index (χ0) is 26.7. The molecule has 39 heavy (non-hydrogen) atoms. The maximum atomic E-state index is 12.7. The van der Waals surface area contributed by atoms with Gasteiger partial charge in [-0.15, -0.1) is 0 Å². The number of rotatable bonds is 7. The number of aryl methyl sites for hydroxylation is 1. The molecule has 3 aromatic carbocycles. The molecule has 2 saturated heterocycles. The molecule has 1 spiro atoms. The molecule has 206 valence electrons. The van der Waals surface area contributed by atoms with E-state index in [9.17, 15) is 8.42 Å². The molecule has 1 N–H and O–H groups in total. The summed E-state index contributed by atoms with van der Waals surface area (Å²) in [6.45, 7) is 5.88. The largest absolute Gasteiger partial charge is 0.487 e. The van der Waals surface area contributed by atoms with Crippen LogP contribution in [0.5, 0.6) is 5.75 Å². The highest BCUT2D eigenvalue weighted by atomic mass is 32.2. The smallest absolute Gasteiger partial charge is 0.158 e. The lowest BCUT2D eigenvalue weighted by molar-refractivity contribution is -0.0183. The molecule has 6 rings (SSSR count). The second-order valence-corrected chi connectivity index (χ2v) is 13.9. The molecular weight excluding hydrogens is 504 g/mol. The molecule has 0 radical (unpaired) electrons. The molecular formula is C33H40N2O3S. The molecule has 0 atom stereocenters. The Bertz CT molecular complexity index is 1360. The van der Waals surface area contributed by atoms with Gasteiger partial charge < -0.3 is 15.0 Å². The van der Waals surface area contributed by atoms with Crippen LogP contribution in [0, 0.1) is 5.92 Å². The first-order valence-electron chi connectivity index (χ1n) is 14.5. The lowest BCUT2D eigenvalue weighted by atomic mass is 9.82. The molecule has 3 aliphatic heterocycles. The van der Waals surface area contributed by atoms with E-state index in [0.717, 1.165) is 72.7 Å². The van der Waals surface area contributed by atoms with Crippen LogP contribution in [0.25, 0.3) is 11.1 Å². The molecule has 6 heteroatoms. The van der Waals surface area contributed by atoms with Gasteiger partial charge in [0.25, 0.3) is 0 Å². The highest BCUT2D eigenvalue weighted by molar-refractivity contribution is 7.89. The van der Waals surface area contributed by atoms with Crippen molar-refractivity contribution < 1.29 is 13.2 Å². The predicted octanol–water partition coefficient (Wildman–Crippen LogP) is 5.63. The van der Waals surface area contributed by atoms with E-state index in [0.29, 0.717) is 0 Å². The molecule has 0 aliphatic carbocycles. The Labute approximate surface area is 233 Å². The van der Waals surface area contributed by atoms with Gasteiger partial charge in [0, 0.05) is 19.6 Å². The normalized spacial score (nSPS) is 19.9. The third-order valence-electron chi connectivity index (χ3n) is 8.88. The topological polar surface area (TPSA) is 58.6 Å². The predicted molar refractivity (Wildman–Crippen MR) is 158 cm³/mol. The van der Waals surface area contributed by atoms with E-state index < -0.39 is 9.84 Å². The van der Waals surface area contributed by atoms with Crippen molar-refractivity contribution in [1.29, 1.82) is 0 Å². The summed E-state index contributed by atoms with van der Waals surface area (Å²) < 4.78 is 32.1. The summed E-state index contributed by atoms with van der Waals surface area (Å²) in [5.41, 5.74) is 5.19. The number of nitrogens with zero attached hydrogens (tertiary/aromatic N) is 1. The summed E-state index contributed by atoms with van der Waals surface area (Å²) in [6, 6.07) is 23.9. The van der Waals surface area contributed by atoms with Gasteiger partial charge in [0.1, 0.15) is 11.4 Å². The Morgan fingerprint density at radius 1 is 0.821 bits per heavy atom. The number of hydrogen-bond donors (Lipinski definition) is 1. The number of ether oxygens (including phenoxy) is 1. The van der Waals surface area contributed by atoms with Gasteiger partial charge in [-0.25, -0.2) is 8.42 Å². The SMILES string of the molecule is O=S(=O)(Cc1ccccc1)Cc1ccc(-c2ccc3c(c2)CCC2(CCN(CC4CCNCC4)CC2)O3)cc1. The molecule has 5 nitrogen and oxygen atoms in total. The van der Waals surface area contributed by atoms with Gasteiger partial charge in [-0.1, -0.05) is 60.7 Å². The number of benzene rings is 3. The van der Waals surface area contributed by atoms with E-state index in [1.165, 1.54) is 38.0 Å². The van der Waals surface area contributed by atoms with Gasteiger partial charge in [-0.3, -0.25) is 0 Å². The van der Waals surface area contributed by atoms with E-state index in [2.05, 4.69) is 28.4 Å². The van der Waals surface area contributed by atoms with Gasteiger partial charge in [0.05, 0.1) is 11.5 Å². The summed E-state index contributed by atoms with van der Waals surface area (Å²) in [5, 5.41) is 3.48. The maximum Gasteiger partial charge on any atom is 0.158 e. The minimum Gasteiger partial charge on any atom is -0.487 e. The number of nitrogens with one attached hydrogen (secondary N) is 1. The van der Waals surface area contributed by atoms with E-state index in [1.807, 2.05) is 54.6 Å². The van der Waals surface area contributed by atoms with Crippen LogP contribution in [-0.2, 0) is 27.8 Å². The monoisotopic (exact) mass is 544 g/mol. The quantitative estimate of drug-likeness (QED) is 0.418. The van der Waals surface area contributed by atoms with Crippen molar-refractivity contribution in [3.05, 3.63) is 89.5 Å². The van der Waals surface area contributed by atoms with Gasteiger partial charge >= 0.3 is 0 Å². The highest BCUT2D eigenvalue weighted by Gasteiger charge is 2.39. The fourth-order valence-corrected chi connectivity index (χ4v) is 8.05. The van der Waals surface area contributed by atoms with E-state index >= 15 is 0 Å². The first-order valence-corrected chi connectivity index (χ1v) is 16.4. The Morgan fingerprint density at radius 3 is 2.21 bits per heavy atom. The van der Waals surface area contributed by atoms with Gasteiger partial charge in [-0.05, 0) is 97.5 Å². The number of likely N-dealkylation sites (tertiary alicyclic amines) is 1.